The van der Waals surface area contributed by atoms with E-state index in [1.54, 1.807) is 18.2 Å². The molecule has 3 aromatic rings. The highest BCUT2D eigenvalue weighted by Gasteiger charge is 2.24. The number of carbonyl (C=O) groups is 1. The van der Waals surface area contributed by atoms with Gasteiger partial charge in [0.2, 0.25) is 5.95 Å². The van der Waals surface area contributed by atoms with Crippen LogP contribution in [0.2, 0.25) is 0 Å². The number of carbonyl (C=O) groups excluding carboxylic acids is 1. The predicted molar refractivity (Wildman–Crippen MR) is 133 cm³/mol. The van der Waals surface area contributed by atoms with E-state index in [1.165, 1.54) is 24.6 Å². The first-order chi connectivity index (χ1) is 15.8. The van der Waals surface area contributed by atoms with Gasteiger partial charge < -0.3 is 25.6 Å². The van der Waals surface area contributed by atoms with Crippen molar-refractivity contribution in [1.29, 1.82) is 0 Å². The van der Waals surface area contributed by atoms with Crippen molar-refractivity contribution in [3.63, 3.8) is 0 Å². The number of thiophene rings is 1. The van der Waals surface area contributed by atoms with Crippen molar-refractivity contribution in [2.45, 2.75) is 25.9 Å². The van der Waals surface area contributed by atoms with Gasteiger partial charge in [-0.25, -0.2) is 9.37 Å². The van der Waals surface area contributed by atoms with E-state index in [-0.39, 0.29) is 23.8 Å². The zero-order chi connectivity index (χ0) is 23.5. The lowest BCUT2D eigenvalue weighted by Crippen LogP contribution is -2.54. The summed E-state index contributed by atoms with van der Waals surface area (Å²) in [5, 5.41) is 11.1. The zero-order valence-corrected chi connectivity index (χ0v) is 20.8. The molecule has 2 aromatic heterocycles. The average molecular weight is 535 g/mol. The number of anilines is 4. The quantitative estimate of drug-likeness (QED) is 0.424. The van der Waals surface area contributed by atoms with Crippen LogP contribution in [0.25, 0.3) is 0 Å². The highest BCUT2D eigenvalue weighted by Crippen LogP contribution is 2.32. The molecule has 11 heteroatoms. The van der Waals surface area contributed by atoms with E-state index in [9.17, 15) is 9.18 Å². The fraction of sp³-hybridized carbons (Fsp3) is 0.318. The molecule has 0 saturated carbocycles. The van der Waals surface area contributed by atoms with Crippen LogP contribution < -0.4 is 25.6 Å². The maximum Gasteiger partial charge on any atom is 0.266 e. The van der Waals surface area contributed by atoms with Crippen molar-refractivity contribution >= 4 is 56.3 Å². The molecule has 3 heterocycles. The molecule has 0 radical (unpaired) electrons. The van der Waals surface area contributed by atoms with E-state index in [0.29, 0.717) is 32.4 Å². The molecule has 1 fully saturated rings. The Hall–Kier alpha value is -2.76. The summed E-state index contributed by atoms with van der Waals surface area (Å²) in [5.74, 6) is 0.156. The van der Waals surface area contributed by atoms with Crippen LogP contribution in [0.4, 0.5) is 27.5 Å². The molecule has 2 atom stereocenters. The molecule has 1 saturated heterocycles. The summed E-state index contributed by atoms with van der Waals surface area (Å²) < 4.78 is 20.6. The maximum atomic E-state index is 14.5. The second-order valence-electron chi connectivity index (χ2n) is 7.83. The van der Waals surface area contributed by atoms with Crippen LogP contribution in [0.3, 0.4) is 0 Å². The number of benzene rings is 1. The normalized spacial score (nSPS) is 18.2. The lowest BCUT2D eigenvalue weighted by molar-refractivity contribution is 0.102. The Morgan fingerprint density at radius 3 is 2.73 bits per heavy atom. The Morgan fingerprint density at radius 1 is 1.30 bits per heavy atom. The van der Waals surface area contributed by atoms with Crippen LogP contribution in [-0.4, -0.2) is 48.2 Å². The molecule has 0 aliphatic carbocycles. The van der Waals surface area contributed by atoms with E-state index in [4.69, 9.17) is 4.74 Å². The Bertz CT molecular complexity index is 1150. The van der Waals surface area contributed by atoms with Crippen molar-refractivity contribution in [3.05, 3.63) is 51.0 Å². The second kappa shape index (κ2) is 10.0. The third-order valence-corrected chi connectivity index (χ3v) is 6.94. The van der Waals surface area contributed by atoms with Gasteiger partial charge in [0, 0.05) is 35.3 Å². The number of piperazine rings is 1. The Labute approximate surface area is 203 Å². The molecular formula is C22H24BrFN6O2S. The van der Waals surface area contributed by atoms with Gasteiger partial charge in [-0.1, -0.05) is 0 Å². The van der Waals surface area contributed by atoms with E-state index in [0.717, 1.165) is 13.1 Å². The number of nitrogens with zero attached hydrogens (tertiary/aromatic N) is 3. The van der Waals surface area contributed by atoms with E-state index in [1.807, 2.05) is 16.3 Å². The van der Waals surface area contributed by atoms with Gasteiger partial charge in [-0.3, -0.25) is 4.79 Å². The highest BCUT2D eigenvalue weighted by molar-refractivity contribution is 9.10. The number of halogens is 2. The average Bonchev–Trinajstić information content (AvgIpc) is 3.21. The monoisotopic (exact) mass is 534 g/mol. The van der Waals surface area contributed by atoms with Crippen LogP contribution in [0, 0.1) is 5.82 Å². The van der Waals surface area contributed by atoms with Crippen LogP contribution in [0.5, 0.6) is 5.75 Å². The minimum Gasteiger partial charge on any atom is -0.495 e. The molecule has 3 N–H and O–H groups in total. The summed E-state index contributed by atoms with van der Waals surface area (Å²) in [6.45, 7) is 5.64. The number of methoxy groups -OCH3 is 1. The molecule has 0 bridgehead atoms. The fourth-order valence-corrected chi connectivity index (χ4v) is 5.19. The molecule has 8 nitrogen and oxygen atoms in total. The van der Waals surface area contributed by atoms with Gasteiger partial charge in [0.05, 0.1) is 19.0 Å². The lowest BCUT2D eigenvalue weighted by Gasteiger charge is -2.36. The van der Waals surface area contributed by atoms with Crippen LogP contribution in [-0.2, 0) is 0 Å². The standard InChI is InChI=1S/C22H24BrFN6O2S/c1-12-10-30(11-13(2)26-12)22-25-9-16(24)20(29-22)27-14-4-5-18(32-3)17(8-14)28-21(31)19-15(23)6-7-33-19/h4-9,12-13,26H,10-11H2,1-3H3,(H,28,31)(H,25,27,29)/t12-,13+. The topological polar surface area (TPSA) is 91.4 Å². The first-order valence-corrected chi connectivity index (χ1v) is 12.0. The van der Waals surface area contributed by atoms with Gasteiger partial charge in [0.15, 0.2) is 11.6 Å². The summed E-state index contributed by atoms with van der Waals surface area (Å²) in [5.41, 5.74) is 0.995. The van der Waals surface area contributed by atoms with Gasteiger partial charge in [0.1, 0.15) is 10.6 Å². The molecule has 33 heavy (non-hydrogen) atoms. The number of ether oxygens (including phenoxy) is 1. The number of rotatable bonds is 6. The summed E-state index contributed by atoms with van der Waals surface area (Å²) in [4.78, 5) is 23.9. The zero-order valence-electron chi connectivity index (χ0n) is 18.4. The first-order valence-electron chi connectivity index (χ1n) is 10.4. The van der Waals surface area contributed by atoms with Crippen molar-refractivity contribution in [2.24, 2.45) is 0 Å². The molecule has 1 aliphatic heterocycles. The van der Waals surface area contributed by atoms with Crippen molar-refractivity contribution in [2.75, 3.05) is 35.7 Å². The minimum atomic E-state index is -0.570. The molecule has 1 aliphatic rings. The lowest BCUT2D eigenvalue weighted by atomic mass is 10.1. The van der Waals surface area contributed by atoms with Crippen molar-refractivity contribution in [3.8, 4) is 5.75 Å². The smallest absolute Gasteiger partial charge is 0.266 e. The molecule has 1 amide bonds. The molecule has 0 spiro atoms. The summed E-state index contributed by atoms with van der Waals surface area (Å²) >= 11 is 4.70. The molecular weight excluding hydrogens is 511 g/mol. The molecule has 0 unspecified atom stereocenters. The molecule has 1 aromatic carbocycles. The van der Waals surface area contributed by atoms with Crippen LogP contribution in [0.1, 0.15) is 23.5 Å². The SMILES string of the molecule is COc1ccc(Nc2nc(N3C[C@@H](C)N[C@@H](C)C3)ncc2F)cc1NC(=O)c1sccc1Br. The number of hydrogen-bond donors (Lipinski definition) is 3. The van der Waals surface area contributed by atoms with Crippen LogP contribution in [0.15, 0.2) is 40.3 Å². The maximum absolute atomic E-state index is 14.5. The summed E-state index contributed by atoms with van der Waals surface area (Å²) in [7, 11) is 1.52. The van der Waals surface area contributed by atoms with E-state index in [2.05, 4.69) is 55.7 Å². The molecule has 4 rings (SSSR count). The Kier molecular flexibility index (Phi) is 7.11. The number of hydrogen-bond acceptors (Lipinski definition) is 8. The van der Waals surface area contributed by atoms with Crippen LogP contribution >= 0.6 is 27.3 Å². The largest absolute Gasteiger partial charge is 0.495 e. The number of aromatic nitrogens is 2. The predicted octanol–water partition coefficient (Wildman–Crippen LogP) is 4.63. The van der Waals surface area contributed by atoms with Gasteiger partial charge in [0.25, 0.3) is 5.91 Å². The van der Waals surface area contributed by atoms with E-state index < -0.39 is 5.82 Å². The fourth-order valence-electron chi connectivity index (χ4n) is 3.74. The van der Waals surface area contributed by atoms with Gasteiger partial charge in [-0.05, 0) is 59.4 Å². The highest BCUT2D eigenvalue weighted by atomic mass is 79.9. The minimum absolute atomic E-state index is 0.0577. The summed E-state index contributed by atoms with van der Waals surface area (Å²) in [6.07, 6.45) is 1.17. The first kappa shape index (κ1) is 23.4. The number of nitrogens with one attached hydrogen (secondary N) is 3. The third kappa shape index (κ3) is 5.43. The van der Waals surface area contributed by atoms with Gasteiger partial charge in [-0.2, -0.15) is 4.98 Å². The third-order valence-electron chi connectivity index (χ3n) is 5.11. The Morgan fingerprint density at radius 2 is 2.06 bits per heavy atom. The molecule has 174 valence electrons. The van der Waals surface area contributed by atoms with Crippen molar-refractivity contribution < 1.29 is 13.9 Å². The van der Waals surface area contributed by atoms with E-state index >= 15 is 0 Å². The van der Waals surface area contributed by atoms with Gasteiger partial charge in [-0.15, -0.1) is 11.3 Å². The van der Waals surface area contributed by atoms with Crippen molar-refractivity contribution in [1.82, 2.24) is 15.3 Å². The van der Waals surface area contributed by atoms with Gasteiger partial charge >= 0.3 is 0 Å². The number of amides is 1. The summed E-state index contributed by atoms with van der Waals surface area (Å²) in [6, 6.07) is 7.45. The second-order valence-corrected chi connectivity index (χ2v) is 9.60. The Balaban J connectivity index is 1.57.